The minimum absolute atomic E-state index is 0.0561. The fourth-order valence-corrected chi connectivity index (χ4v) is 4.39. The average Bonchev–Trinajstić information content (AvgIpc) is 2.98. The summed E-state index contributed by atoms with van der Waals surface area (Å²) in [6, 6.07) is 30.7. The molecule has 0 spiro atoms. The number of phenols is 1. The van der Waals surface area contributed by atoms with Crippen LogP contribution in [0.3, 0.4) is 0 Å². The van der Waals surface area contributed by atoms with Crippen molar-refractivity contribution in [2.24, 2.45) is 0 Å². The zero-order valence-corrected chi connectivity index (χ0v) is 24.4. The standard InChI is InChI=1S/C35H37NO6/c1-25(33(38)41-24-28-18-12-7-13-19-28)36(34(39)42-35(2,3)4)30-20-21-31(40-23-27-16-10-6-11-17-27)32(37)29(30)22-26-14-8-5-9-15-26/h5-21,25,37H,22-24H2,1-4H3/t25-/m0/s1. The number of amides is 1. The van der Waals surface area contributed by atoms with Crippen LogP contribution < -0.4 is 9.64 Å². The number of hydrogen-bond acceptors (Lipinski definition) is 6. The zero-order chi connectivity index (χ0) is 30.1. The second kappa shape index (κ2) is 13.7. The summed E-state index contributed by atoms with van der Waals surface area (Å²) >= 11 is 0. The summed E-state index contributed by atoms with van der Waals surface area (Å²) in [6.45, 7) is 7.15. The van der Waals surface area contributed by atoms with Crippen molar-refractivity contribution >= 4 is 17.7 Å². The Kier molecular flexibility index (Phi) is 9.86. The van der Waals surface area contributed by atoms with Crippen LogP contribution >= 0.6 is 0 Å². The molecule has 218 valence electrons. The molecule has 7 nitrogen and oxygen atoms in total. The molecule has 4 rings (SSSR count). The number of anilines is 1. The van der Waals surface area contributed by atoms with Gasteiger partial charge in [0.15, 0.2) is 11.5 Å². The van der Waals surface area contributed by atoms with Crippen LogP contribution in [-0.4, -0.2) is 28.8 Å². The number of rotatable bonds is 10. The SMILES string of the molecule is C[C@@H](C(=O)OCc1ccccc1)N(C(=O)OC(C)(C)C)c1ccc(OCc2ccccc2)c(O)c1Cc1ccccc1. The second-order valence-corrected chi connectivity index (χ2v) is 11.0. The molecular weight excluding hydrogens is 530 g/mol. The monoisotopic (exact) mass is 567 g/mol. The van der Waals surface area contributed by atoms with Crippen LogP contribution in [0.5, 0.6) is 11.5 Å². The highest BCUT2D eigenvalue weighted by molar-refractivity contribution is 5.97. The normalized spacial score (nSPS) is 11.8. The molecule has 4 aromatic rings. The van der Waals surface area contributed by atoms with Gasteiger partial charge in [-0.05, 0) is 56.5 Å². The van der Waals surface area contributed by atoms with Gasteiger partial charge in [-0.3, -0.25) is 4.90 Å². The highest BCUT2D eigenvalue weighted by Gasteiger charge is 2.35. The third-order valence-corrected chi connectivity index (χ3v) is 6.48. The van der Waals surface area contributed by atoms with Crippen LogP contribution in [-0.2, 0) is 33.9 Å². The van der Waals surface area contributed by atoms with Crippen molar-refractivity contribution in [3.05, 3.63) is 125 Å². The van der Waals surface area contributed by atoms with E-state index in [0.29, 0.717) is 11.3 Å². The second-order valence-electron chi connectivity index (χ2n) is 11.0. The van der Waals surface area contributed by atoms with Crippen LogP contribution in [0.25, 0.3) is 0 Å². The molecular formula is C35H37NO6. The lowest BCUT2D eigenvalue weighted by Gasteiger charge is -2.32. The molecule has 0 radical (unpaired) electrons. The molecule has 0 fully saturated rings. The smallest absolute Gasteiger partial charge is 0.415 e. The van der Waals surface area contributed by atoms with Crippen LogP contribution in [0.1, 0.15) is 49.9 Å². The van der Waals surface area contributed by atoms with E-state index in [1.807, 2.05) is 91.0 Å². The molecule has 0 heterocycles. The number of hydrogen-bond donors (Lipinski definition) is 1. The topological polar surface area (TPSA) is 85.3 Å². The van der Waals surface area contributed by atoms with Gasteiger partial charge in [0, 0.05) is 12.0 Å². The largest absolute Gasteiger partial charge is 0.504 e. The Morgan fingerprint density at radius 1 is 0.762 bits per heavy atom. The van der Waals surface area contributed by atoms with Gasteiger partial charge < -0.3 is 19.3 Å². The van der Waals surface area contributed by atoms with Crippen LogP contribution in [0.15, 0.2) is 103 Å². The van der Waals surface area contributed by atoms with Crippen LogP contribution in [0, 0.1) is 0 Å². The number of carbonyl (C=O) groups is 2. The first-order valence-corrected chi connectivity index (χ1v) is 13.9. The van der Waals surface area contributed by atoms with Crippen molar-refractivity contribution in [2.75, 3.05) is 4.90 Å². The van der Waals surface area contributed by atoms with Crippen molar-refractivity contribution in [3.8, 4) is 11.5 Å². The lowest BCUT2D eigenvalue weighted by atomic mass is 10.00. The Balaban J connectivity index is 1.72. The van der Waals surface area contributed by atoms with E-state index in [-0.39, 0.29) is 31.1 Å². The van der Waals surface area contributed by atoms with Gasteiger partial charge in [-0.15, -0.1) is 0 Å². The first-order chi connectivity index (χ1) is 20.1. The van der Waals surface area contributed by atoms with Gasteiger partial charge in [-0.2, -0.15) is 0 Å². The first-order valence-electron chi connectivity index (χ1n) is 13.9. The van der Waals surface area contributed by atoms with Crippen molar-refractivity contribution in [1.82, 2.24) is 0 Å². The van der Waals surface area contributed by atoms with Crippen molar-refractivity contribution in [1.29, 1.82) is 0 Å². The quantitative estimate of drug-likeness (QED) is 0.201. The molecule has 0 aromatic heterocycles. The summed E-state index contributed by atoms with van der Waals surface area (Å²) in [5.74, 6) is -0.470. The third-order valence-electron chi connectivity index (χ3n) is 6.48. The summed E-state index contributed by atoms with van der Waals surface area (Å²) in [7, 11) is 0. The van der Waals surface area contributed by atoms with E-state index in [1.54, 1.807) is 39.8 Å². The molecule has 0 saturated carbocycles. The lowest BCUT2D eigenvalue weighted by molar-refractivity contribution is -0.146. The molecule has 0 aliphatic heterocycles. The molecule has 0 aliphatic carbocycles. The maximum Gasteiger partial charge on any atom is 0.415 e. The molecule has 1 amide bonds. The van der Waals surface area contributed by atoms with E-state index in [0.717, 1.165) is 16.7 Å². The summed E-state index contributed by atoms with van der Waals surface area (Å²) in [5.41, 5.74) is 2.57. The number of benzene rings is 4. The number of nitrogens with zero attached hydrogens (tertiary/aromatic N) is 1. The number of ether oxygens (including phenoxy) is 3. The van der Waals surface area contributed by atoms with Crippen molar-refractivity contribution in [3.63, 3.8) is 0 Å². The average molecular weight is 568 g/mol. The van der Waals surface area contributed by atoms with E-state index < -0.39 is 23.7 Å². The summed E-state index contributed by atoms with van der Waals surface area (Å²) < 4.78 is 17.3. The molecule has 0 bridgehead atoms. The number of esters is 1. The van der Waals surface area contributed by atoms with Crippen molar-refractivity contribution < 1.29 is 28.9 Å². The Morgan fingerprint density at radius 3 is 1.83 bits per heavy atom. The molecule has 1 atom stereocenters. The van der Waals surface area contributed by atoms with Crippen LogP contribution in [0.4, 0.5) is 10.5 Å². The van der Waals surface area contributed by atoms with Gasteiger partial charge in [0.25, 0.3) is 0 Å². The molecule has 0 aliphatic rings. The zero-order valence-electron chi connectivity index (χ0n) is 24.4. The van der Waals surface area contributed by atoms with E-state index in [1.165, 1.54) is 4.90 Å². The Labute approximate surface area is 247 Å². The predicted octanol–water partition coefficient (Wildman–Crippen LogP) is 7.44. The van der Waals surface area contributed by atoms with E-state index >= 15 is 0 Å². The Morgan fingerprint density at radius 2 is 1.29 bits per heavy atom. The number of carbonyl (C=O) groups excluding carboxylic acids is 2. The maximum absolute atomic E-state index is 13.7. The highest BCUT2D eigenvalue weighted by Crippen LogP contribution is 2.40. The number of phenolic OH excluding ortho intramolecular Hbond substituents is 1. The van der Waals surface area contributed by atoms with Crippen molar-refractivity contribution in [2.45, 2.75) is 59.0 Å². The van der Waals surface area contributed by atoms with Gasteiger partial charge in [-0.1, -0.05) is 91.0 Å². The molecule has 0 saturated heterocycles. The van der Waals surface area contributed by atoms with Gasteiger partial charge in [0.2, 0.25) is 0 Å². The highest BCUT2D eigenvalue weighted by atomic mass is 16.6. The molecule has 1 N–H and O–H groups in total. The number of aromatic hydroxyl groups is 1. The lowest BCUT2D eigenvalue weighted by Crippen LogP contribution is -2.47. The van der Waals surface area contributed by atoms with Gasteiger partial charge in [-0.25, -0.2) is 9.59 Å². The van der Waals surface area contributed by atoms with Gasteiger partial charge in [0.05, 0.1) is 5.69 Å². The predicted molar refractivity (Wildman–Crippen MR) is 163 cm³/mol. The maximum atomic E-state index is 13.7. The minimum Gasteiger partial charge on any atom is -0.504 e. The Hall–Kier alpha value is -4.78. The van der Waals surface area contributed by atoms with Gasteiger partial charge >= 0.3 is 12.1 Å². The summed E-state index contributed by atoms with van der Waals surface area (Å²) in [4.78, 5) is 28.2. The fourth-order valence-electron chi connectivity index (χ4n) is 4.39. The van der Waals surface area contributed by atoms with E-state index in [2.05, 4.69) is 0 Å². The molecule has 42 heavy (non-hydrogen) atoms. The third kappa shape index (κ3) is 8.13. The molecule has 0 unspecified atom stereocenters. The van der Waals surface area contributed by atoms with E-state index in [4.69, 9.17) is 14.2 Å². The summed E-state index contributed by atoms with van der Waals surface area (Å²) in [5, 5.41) is 11.5. The van der Waals surface area contributed by atoms with E-state index in [9.17, 15) is 14.7 Å². The molecule has 7 heteroatoms. The van der Waals surface area contributed by atoms with Gasteiger partial charge in [0.1, 0.15) is 24.9 Å². The summed E-state index contributed by atoms with van der Waals surface area (Å²) in [6.07, 6.45) is -0.464. The van der Waals surface area contributed by atoms with Crippen LogP contribution in [0.2, 0.25) is 0 Å². The fraction of sp³-hybridized carbons (Fsp3) is 0.257. The first kappa shape index (κ1) is 30.2. The molecule has 4 aromatic carbocycles. The Bertz CT molecular complexity index is 1470. The minimum atomic E-state index is -1.06.